The molecule has 2 amide bonds. The molecule has 0 unspecified atom stereocenters. The van der Waals surface area contributed by atoms with Gasteiger partial charge in [-0.1, -0.05) is 12.1 Å². The van der Waals surface area contributed by atoms with Gasteiger partial charge in [-0.15, -0.1) is 0 Å². The Kier molecular flexibility index (Phi) is 5.14. The number of carbonyl (C=O) groups is 1. The first-order valence-electron chi connectivity index (χ1n) is 6.50. The van der Waals surface area contributed by atoms with Crippen LogP contribution in [0.3, 0.4) is 0 Å². The standard InChI is InChI=1S/C14H18N4O2/c19-10-2-7-15-14(20)17-13-5-3-12(4-6-13)11-18-9-1-8-16-18/h1,3-6,8-9,19H,2,7,10-11H2,(H2,15,17,20). The maximum Gasteiger partial charge on any atom is 0.319 e. The lowest BCUT2D eigenvalue weighted by molar-refractivity contribution is 0.249. The predicted molar refractivity (Wildman–Crippen MR) is 76.5 cm³/mol. The van der Waals surface area contributed by atoms with Crippen molar-refractivity contribution in [2.75, 3.05) is 18.5 Å². The van der Waals surface area contributed by atoms with Gasteiger partial charge < -0.3 is 15.7 Å². The number of nitrogens with one attached hydrogen (secondary N) is 2. The zero-order chi connectivity index (χ0) is 14.2. The molecular formula is C14H18N4O2. The second-order valence-electron chi connectivity index (χ2n) is 4.36. The van der Waals surface area contributed by atoms with Crippen LogP contribution in [-0.2, 0) is 6.54 Å². The van der Waals surface area contributed by atoms with E-state index >= 15 is 0 Å². The number of aliphatic hydroxyl groups is 1. The van der Waals surface area contributed by atoms with Gasteiger partial charge in [0.2, 0.25) is 0 Å². The minimum absolute atomic E-state index is 0.0718. The van der Waals surface area contributed by atoms with Gasteiger partial charge in [0.15, 0.2) is 0 Å². The number of carbonyl (C=O) groups excluding carboxylic acids is 1. The molecule has 20 heavy (non-hydrogen) atoms. The summed E-state index contributed by atoms with van der Waals surface area (Å²) in [5, 5.41) is 18.2. The molecule has 0 fully saturated rings. The number of nitrogens with zero attached hydrogens (tertiary/aromatic N) is 2. The third-order valence-electron chi connectivity index (χ3n) is 2.74. The van der Waals surface area contributed by atoms with E-state index in [1.165, 1.54) is 0 Å². The number of rotatable bonds is 6. The van der Waals surface area contributed by atoms with Crippen molar-refractivity contribution >= 4 is 11.7 Å². The van der Waals surface area contributed by atoms with E-state index < -0.39 is 0 Å². The van der Waals surface area contributed by atoms with E-state index in [2.05, 4.69) is 15.7 Å². The Hall–Kier alpha value is -2.34. The summed E-state index contributed by atoms with van der Waals surface area (Å²) in [6, 6.07) is 9.22. The number of aromatic nitrogens is 2. The number of hydrogen-bond acceptors (Lipinski definition) is 3. The molecule has 106 valence electrons. The van der Waals surface area contributed by atoms with Crippen molar-refractivity contribution in [1.82, 2.24) is 15.1 Å². The Morgan fingerprint density at radius 3 is 2.75 bits per heavy atom. The van der Waals surface area contributed by atoms with Crippen LogP contribution < -0.4 is 10.6 Å². The Morgan fingerprint density at radius 2 is 2.10 bits per heavy atom. The van der Waals surface area contributed by atoms with Crippen molar-refractivity contribution in [3.63, 3.8) is 0 Å². The van der Waals surface area contributed by atoms with Crippen molar-refractivity contribution < 1.29 is 9.90 Å². The summed E-state index contributed by atoms with van der Waals surface area (Å²) in [4.78, 5) is 11.5. The van der Waals surface area contributed by atoms with Gasteiger partial charge in [-0.2, -0.15) is 5.10 Å². The van der Waals surface area contributed by atoms with Crippen LogP contribution in [-0.4, -0.2) is 34.1 Å². The number of amides is 2. The second-order valence-corrected chi connectivity index (χ2v) is 4.36. The monoisotopic (exact) mass is 274 g/mol. The largest absolute Gasteiger partial charge is 0.396 e. The van der Waals surface area contributed by atoms with Crippen molar-refractivity contribution in [2.45, 2.75) is 13.0 Å². The fourth-order valence-corrected chi connectivity index (χ4v) is 1.73. The smallest absolute Gasteiger partial charge is 0.319 e. The highest BCUT2D eigenvalue weighted by Gasteiger charge is 2.01. The van der Waals surface area contributed by atoms with Gasteiger partial charge in [0, 0.05) is 31.2 Å². The van der Waals surface area contributed by atoms with Gasteiger partial charge in [0.05, 0.1) is 6.54 Å². The quantitative estimate of drug-likeness (QED) is 0.697. The average Bonchev–Trinajstić information content (AvgIpc) is 2.94. The van der Waals surface area contributed by atoms with E-state index in [9.17, 15) is 4.79 Å². The molecule has 0 bridgehead atoms. The Labute approximate surface area is 117 Å². The van der Waals surface area contributed by atoms with Gasteiger partial charge in [-0.25, -0.2) is 4.79 Å². The topological polar surface area (TPSA) is 79.2 Å². The van der Waals surface area contributed by atoms with E-state index in [1.54, 1.807) is 6.20 Å². The molecule has 2 aromatic rings. The highest BCUT2D eigenvalue weighted by molar-refractivity contribution is 5.89. The fourth-order valence-electron chi connectivity index (χ4n) is 1.73. The molecule has 0 saturated heterocycles. The van der Waals surface area contributed by atoms with E-state index in [1.807, 2.05) is 41.2 Å². The van der Waals surface area contributed by atoms with Gasteiger partial charge in [0.25, 0.3) is 0 Å². The number of aliphatic hydroxyl groups excluding tert-OH is 1. The molecular weight excluding hydrogens is 256 g/mol. The Bertz CT molecular complexity index is 523. The maximum absolute atomic E-state index is 11.5. The molecule has 0 atom stereocenters. The lowest BCUT2D eigenvalue weighted by Gasteiger charge is -2.08. The first kappa shape index (κ1) is 14.1. The molecule has 0 spiro atoms. The van der Waals surface area contributed by atoms with E-state index in [4.69, 9.17) is 5.11 Å². The van der Waals surface area contributed by atoms with E-state index in [0.29, 0.717) is 19.5 Å². The van der Waals surface area contributed by atoms with Gasteiger partial charge in [-0.3, -0.25) is 4.68 Å². The van der Waals surface area contributed by atoms with Crippen LogP contribution in [0.15, 0.2) is 42.7 Å². The lowest BCUT2D eigenvalue weighted by Crippen LogP contribution is -2.29. The van der Waals surface area contributed by atoms with E-state index in [0.717, 1.165) is 11.3 Å². The molecule has 1 aromatic carbocycles. The van der Waals surface area contributed by atoms with Crippen molar-refractivity contribution in [2.24, 2.45) is 0 Å². The normalized spacial score (nSPS) is 10.2. The zero-order valence-electron chi connectivity index (χ0n) is 11.1. The molecule has 0 saturated carbocycles. The first-order valence-corrected chi connectivity index (χ1v) is 6.50. The SMILES string of the molecule is O=C(NCCCO)Nc1ccc(Cn2cccn2)cc1. The third-order valence-corrected chi connectivity index (χ3v) is 2.74. The van der Waals surface area contributed by atoms with Crippen LogP contribution in [0, 0.1) is 0 Å². The number of anilines is 1. The molecule has 1 heterocycles. The lowest BCUT2D eigenvalue weighted by atomic mass is 10.2. The maximum atomic E-state index is 11.5. The van der Waals surface area contributed by atoms with Crippen LogP contribution in [0.1, 0.15) is 12.0 Å². The van der Waals surface area contributed by atoms with Crippen molar-refractivity contribution in [3.8, 4) is 0 Å². The molecule has 2 rings (SSSR count). The summed E-state index contributed by atoms with van der Waals surface area (Å²) in [5.41, 5.74) is 1.84. The molecule has 0 radical (unpaired) electrons. The Balaban J connectivity index is 1.83. The summed E-state index contributed by atoms with van der Waals surface area (Å²) >= 11 is 0. The average molecular weight is 274 g/mol. The first-order chi connectivity index (χ1) is 9.78. The highest BCUT2D eigenvalue weighted by Crippen LogP contribution is 2.10. The molecule has 0 aliphatic heterocycles. The fraction of sp³-hybridized carbons (Fsp3) is 0.286. The molecule has 3 N–H and O–H groups in total. The summed E-state index contributed by atoms with van der Waals surface area (Å²) in [5.74, 6) is 0. The third kappa shape index (κ3) is 4.40. The summed E-state index contributed by atoms with van der Waals surface area (Å²) in [6.07, 6.45) is 4.20. The van der Waals surface area contributed by atoms with E-state index in [-0.39, 0.29) is 12.6 Å². The molecule has 1 aromatic heterocycles. The zero-order valence-corrected chi connectivity index (χ0v) is 11.1. The van der Waals surface area contributed by atoms with Crippen LogP contribution in [0.25, 0.3) is 0 Å². The van der Waals surface area contributed by atoms with Crippen LogP contribution in [0.4, 0.5) is 10.5 Å². The Morgan fingerprint density at radius 1 is 1.30 bits per heavy atom. The van der Waals surface area contributed by atoms with Crippen LogP contribution in [0.5, 0.6) is 0 Å². The molecule has 0 aliphatic rings. The van der Waals surface area contributed by atoms with Crippen molar-refractivity contribution in [1.29, 1.82) is 0 Å². The summed E-state index contributed by atoms with van der Waals surface area (Å²) < 4.78 is 1.84. The summed E-state index contributed by atoms with van der Waals surface area (Å²) in [7, 11) is 0. The second kappa shape index (κ2) is 7.30. The number of hydrogen-bond donors (Lipinski definition) is 3. The van der Waals surface area contributed by atoms with Gasteiger partial charge in [0.1, 0.15) is 0 Å². The highest BCUT2D eigenvalue weighted by atomic mass is 16.3. The molecule has 6 heteroatoms. The van der Waals surface area contributed by atoms with Crippen LogP contribution >= 0.6 is 0 Å². The molecule has 6 nitrogen and oxygen atoms in total. The minimum atomic E-state index is -0.265. The van der Waals surface area contributed by atoms with Crippen LogP contribution in [0.2, 0.25) is 0 Å². The van der Waals surface area contributed by atoms with Gasteiger partial charge in [-0.05, 0) is 30.2 Å². The predicted octanol–water partition coefficient (Wildman–Crippen LogP) is 1.44. The van der Waals surface area contributed by atoms with Gasteiger partial charge >= 0.3 is 6.03 Å². The van der Waals surface area contributed by atoms with Crippen molar-refractivity contribution in [3.05, 3.63) is 48.3 Å². The number of urea groups is 1. The number of benzene rings is 1. The minimum Gasteiger partial charge on any atom is -0.396 e. The molecule has 0 aliphatic carbocycles. The summed E-state index contributed by atoms with van der Waals surface area (Å²) in [6.45, 7) is 1.23.